The van der Waals surface area contributed by atoms with E-state index in [0.29, 0.717) is 48.9 Å². The average Bonchev–Trinajstić information content (AvgIpc) is 2.63. The summed E-state index contributed by atoms with van der Waals surface area (Å²) in [5.41, 5.74) is 0.558. The van der Waals surface area contributed by atoms with Gasteiger partial charge in [-0.05, 0) is 31.4 Å². The van der Waals surface area contributed by atoms with E-state index in [2.05, 4.69) is 6.92 Å². The van der Waals surface area contributed by atoms with Crippen LogP contribution in [0.3, 0.4) is 0 Å². The van der Waals surface area contributed by atoms with Crippen molar-refractivity contribution in [3.63, 3.8) is 0 Å². The minimum absolute atomic E-state index is 0.0954. The van der Waals surface area contributed by atoms with Gasteiger partial charge < -0.3 is 24.4 Å². The van der Waals surface area contributed by atoms with Gasteiger partial charge in [0.05, 0.1) is 18.8 Å². The number of carboxylic acid groups (broad SMARTS) is 1. The number of ether oxygens (including phenoxy) is 3. The SMILES string of the molecule is CCCCCCOC1=C(O)c2cccc(OCCCCC(=O)O)c2OC1. The molecule has 0 saturated carbocycles. The van der Waals surface area contributed by atoms with Crippen molar-refractivity contribution < 1.29 is 29.2 Å². The first-order chi connectivity index (χ1) is 12.6. The predicted molar refractivity (Wildman–Crippen MR) is 98.6 cm³/mol. The van der Waals surface area contributed by atoms with Crippen molar-refractivity contribution in [1.29, 1.82) is 0 Å². The molecular formula is C20H28O6. The maximum atomic E-state index is 10.5. The number of benzene rings is 1. The molecule has 26 heavy (non-hydrogen) atoms. The van der Waals surface area contributed by atoms with Gasteiger partial charge >= 0.3 is 5.97 Å². The van der Waals surface area contributed by atoms with Crippen LogP contribution in [0.5, 0.6) is 11.5 Å². The lowest BCUT2D eigenvalue weighted by atomic mass is 10.1. The first kappa shape index (κ1) is 19.9. The van der Waals surface area contributed by atoms with Gasteiger partial charge in [-0.3, -0.25) is 4.79 Å². The Hall–Kier alpha value is -2.37. The van der Waals surface area contributed by atoms with Crippen LogP contribution in [0, 0.1) is 0 Å². The Bertz CT molecular complexity index is 623. The van der Waals surface area contributed by atoms with Crippen LogP contribution >= 0.6 is 0 Å². The minimum atomic E-state index is -0.803. The van der Waals surface area contributed by atoms with E-state index in [1.54, 1.807) is 18.2 Å². The highest BCUT2D eigenvalue weighted by Gasteiger charge is 2.24. The normalized spacial score (nSPS) is 13.1. The summed E-state index contributed by atoms with van der Waals surface area (Å²) >= 11 is 0. The van der Waals surface area contributed by atoms with Crippen LogP contribution in [0.25, 0.3) is 5.76 Å². The highest BCUT2D eigenvalue weighted by molar-refractivity contribution is 5.71. The summed E-state index contributed by atoms with van der Waals surface area (Å²) in [7, 11) is 0. The van der Waals surface area contributed by atoms with Crippen molar-refractivity contribution in [1.82, 2.24) is 0 Å². The number of hydrogen-bond acceptors (Lipinski definition) is 5. The molecule has 1 aliphatic heterocycles. The van der Waals surface area contributed by atoms with E-state index in [9.17, 15) is 9.90 Å². The van der Waals surface area contributed by atoms with Gasteiger partial charge in [0.25, 0.3) is 0 Å². The van der Waals surface area contributed by atoms with E-state index in [4.69, 9.17) is 19.3 Å². The van der Waals surface area contributed by atoms with E-state index < -0.39 is 5.97 Å². The molecule has 1 aromatic rings. The number of hydrogen-bond donors (Lipinski definition) is 2. The van der Waals surface area contributed by atoms with Gasteiger partial charge in [0.15, 0.2) is 23.0 Å². The molecule has 0 aliphatic carbocycles. The lowest BCUT2D eigenvalue weighted by Gasteiger charge is -2.23. The molecule has 2 N–H and O–H groups in total. The van der Waals surface area contributed by atoms with E-state index in [1.165, 1.54) is 12.8 Å². The van der Waals surface area contributed by atoms with Crippen molar-refractivity contribution >= 4 is 11.7 Å². The third-order valence-corrected chi connectivity index (χ3v) is 4.16. The lowest BCUT2D eigenvalue weighted by Crippen LogP contribution is -2.15. The zero-order valence-corrected chi connectivity index (χ0v) is 15.3. The molecule has 1 aromatic carbocycles. The van der Waals surface area contributed by atoms with Crippen LogP contribution in [0.4, 0.5) is 0 Å². The molecule has 0 spiro atoms. The highest BCUT2D eigenvalue weighted by atomic mass is 16.5. The number of rotatable bonds is 12. The Morgan fingerprint density at radius 1 is 1.12 bits per heavy atom. The molecule has 0 bridgehead atoms. The van der Waals surface area contributed by atoms with Crippen LogP contribution in [0.1, 0.15) is 57.4 Å². The summed E-state index contributed by atoms with van der Waals surface area (Å²) in [5, 5.41) is 19.1. The predicted octanol–water partition coefficient (Wildman–Crippen LogP) is 4.54. The van der Waals surface area contributed by atoms with Crippen molar-refractivity contribution in [2.45, 2.75) is 51.9 Å². The maximum Gasteiger partial charge on any atom is 0.303 e. The summed E-state index contributed by atoms with van der Waals surface area (Å²) in [6.07, 6.45) is 5.76. The molecule has 0 atom stereocenters. The molecule has 0 radical (unpaired) electrons. The van der Waals surface area contributed by atoms with Gasteiger partial charge in [-0.25, -0.2) is 0 Å². The fraction of sp³-hybridized carbons (Fsp3) is 0.550. The lowest BCUT2D eigenvalue weighted by molar-refractivity contribution is -0.137. The zero-order valence-electron chi connectivity index (χ0n) is 15.3. The van der Waals surface area contributed by atoms with Crippen molar-refractivity contribution in [2.24, 2.45) is 0 Å². The van der Waals surface area contributed by atoms with Crippen LogP contribution in [0.15, 0.2) is 24.0 Å². The Morgan fingerprint density at radius 2 is 1.88 bits per heavy atom. The van der Waals surface area contributed by atoms with E-state index >= 15 is 0 Å². The minimum Gasteiger partial charge on any atom is -0.504 e. The molecule has 6 heteroatoms. The van der Waals surface area contributed by atoms with Gasteiger partial charge in [0, 0.05) is 6.42 Å². The van der Waals surface area contributed by atoms with Gasteiger partial charge in [0.1, 0.15) is 6.61 Å². The monoisotopic (exact) mass is 364 g/mol. The smallest absolute Gasteiger partial charge is 0.303 e. The molecule has 1 aliphatic rings. The average molecular weight is 364 g/mol. The summed E-state index contributed by atoms with van der Waals surface area (Å²) in [4.78, 5) is 10.5. The maximum absolute atomic E-state index is 10.5. The summed E-state index contributed by atoms with van der Waals surface area (Å²) in [6, 6.07) is 5.33. The van der Waals surface area contributed by atoms with E-state index in [-0.39, 0.29) is 18.8 Å². The number of carbonyl (C=O) groups is 1. The van der Waals surface area contributed by atoms with Crippen LogP contribution in [-0.2, 0) is 9.53 Å². The number of carboxylic acids is 1. The molecule has 2 rings (SSSR count). The van der Waals surface area contributed by atoms with E-state index in [1.807, 2.05) is 0 Å². The largest absolute Gasteiger partial charge is 0.504 e. The first-order valence-corrected chi connectivity index (χ1v) is 9.29. The molecule has 0 unspecified atom stereocenters. The fourth-order valence-electron chi connectivity index (χ4n) is 2.72. The molecule has 0 amide bonds. The Morgan fingerprint density at radius 3 is 2.65 bits per heavy atom. The summed E-state index contributed by atoms with van der Waals surface area (Å²) < 4.78 is 17.1. The van der Waals surface area contributed by atoms with Gasteiger partial charge in [-0.2, -0.15) is 0 Å². The number of aliphatic carboxylic acids is 1. The van der Waals surface area contributed by atoms with Crippen LogP contribution < -0.4 is 9.47 Å². The first-order valence-electron chi connectivity index (χ1n) is 9.29. The summed E-state index contributed by atoms with van der Waals surface area (Å²) in [5.74, 6) is 0.793. The molecule has 6 nitrogen and oxygen atoms in total. The van der Waals surface area contributed by atoms with E-state index in [0.717, 1.165) is 12.8 Å². The Labute approximate surface area is 154 Å². The topological polar surface area (TPSA) is 85.2 Å². The second kappa shape index (κ2) is 10.6. The fourth-order valence-corrected chi connectivity index (χ4v) is 2.72. The number of fused-ring (bicyclic) bond motifs is 1. The number of aliphatic hydroxyl groups excluding tert-OH is 1. The van der Waals surface area contributed by atoms with Crippen LogP contribution in [0.2, 0.25) is 0 Å². The van der Waals surface area contributed by atoms with Gasteiger partial charge in [-0.15, -0.1) is 0 Å². The van der Waals surface area contributed by atoms with Crippen molar-refractivity contribution in [3.05, 3.63) is 29.5 Å². The molecule has 1 heterocycles. The molecule has 0 fully saturated rings. The second-order valence-corrected chi connectivity index (χ2v) is 6.30. The second-order valence-electron chi connectivity index (χ2n) is 6.30. The Balaban J connectivity index is 1.92. The highest BCUT2D eigenvalue weighted by Crippen LogP contribution is 2.39. The number of unbranched alkanes of at least 4 members (excludes halogenated alkanes) is 4. The molecule has 0 aromatic heterocycles. The Kier molecular flexibility index (Phi) is 8.12. The third kappa shape index (κ3) is 5.86. The number of para-hydroxylation sites is 1. The van der Waals surface area contributed by atoms with Gasteiger partial charge in [0.2, 0.25) is 0 Å². The van der Waals surface area contributed by atoms with Gasteiger partial charge in [-0.1, -0.05) is 32.3 Å². The molecular weight excluding hydrogens is 336 g/mol. The van der Waals surface area contributed by atoms with Crippen molar-refractivity contribution in [3.8, 4) is 11.5 Å². The molecule has 144 valence electrons. The summed E-state index contributed by atoms with van der Waals surface area (Å²) in [6.45, 7) is 3.30. The standard InChI is InChI=1S/C20H28O6/c1-2-3-4-6-12-25-17-14-26-20-15(19(17)23)9-8-10-16(20)24-13-7-5-11-18(21)22/h8-10,23H,2-7,11-14H2,1H3,(H,21,22). The third-order valence-electron chi connectivity index (χ3n) is 4.16. The van der Waals surface area contributed by atoms with Crippen molar-refractivity contribution in [2.75, 3.05) is 19.8 Å². The molecule has 0 saturated heterocycles. The number of aliphatic hydroxyl groups is 1. The van der Waals surface area contributed by atoms with Crippen LogP contribution in [-0.4, -0.2) is 36.0 Å². The quantitative estimate of drug-likeness (QED) is 0.530. The zero-order chi connectivity index (χ0) is 18.8.